The number of carboxylic acids is 1. The summed E-state index contributed by atoms with van der Waals surface area (Å²) >= 11 is 1.49. The maximum Gasteiger partial charge on any atom is 0.327 e. The molecule has 2 heterocycles. The van der Waals surface area contributed by atoms with Gasteiger partial charge in [0.15, 0.2) is 0 Å². The predicted octanol–water partition coefficient (Wildman–Crippen LogP) is 1.01. The van der Waals surface area contributed by atoms with E-state index in [0.29, 0.717) is 18.1 Å². The molecule has 1 amide bonds. The van der Waals surface area contributed by atoms with E-state index in [0.717, 1.165) is 11.3 Å². The van der Waals surface area contributed by atoms with Crippen molar-refractivity contribution in [1.82, 2.24) is 4.90 Å². The normalized spacial score (nSPS) is 24.9. The van der Waals surface area contributed by atoms with Gasteiger partial charge in [-0.2, -0.15) is 0 Å². The number of hydrogen-bond acceptors (Lipinski definition) is 4. The van der Waals surface area contributed by atoms with E-state index in [1.54, 1.807) is 0 Å². The van der Waals surface area contributed by atoms with Crippen molar-refractivity contribution in [1.29, 1.82) is 0 Å². The molecule has 1 saturated heterocycles. The van der Waals surface area contributed by atoms with Gasteiger partial charge >= 0.3 is 5.97 Å². The molecule has 1 aromatic carbocycles. The average molecular weight is 278 g/mol. The monoisotopic (exact) mass is 278 g/mol. The van der Waals surface area contributed by atoms with Gasteiger partial charge in [0.1, 0.15) is 12.1 Å². The van der Waals surface area contributed by atoms with Gasteiger partial charge in [0, 0.05) is 17.9 Å². The number of para-hydroxylation sites is 1. The molecule has 0 radical (unpaired) electrons. The van der Waals surface area contributed by atoms with Gasteiger partial charge < -0.3 is 15.3 Å². The van der Waals surface area contributed by atoms with Gasteiger partial charge in [-0.3, -0.25) is 4.79 Å². The summed E-state index contributed by atoms with van der Waals surface area (Å²) in [6.45, 7) is 0. The molecule has 1 aromatic rings. The lowest BCUT2D eigenvalue weighted by molar-refractivity contribution is -0.148. The van der Waals surface area contributed by atoms with Crippen LogP contribution in [0.25, 0.3) is 0 Å². The molecule has 2 N–H and O–H groups in total. The van der Waals surface area contributed by atoms with Crippen LogP contribution in [0, 0.1) is 0 Å². The zero-order valence-corrected chi connectivity index (χ0v) is 11.0. The Hall–Kier alpha value is -1.69. The molecule has 2 aliphatic heterocycles. The summed E-state index contributed by atoms with van der Waals surface area (Å²) in [5, 5.41) is 12.3. The highest BCUT2D eigenvalue weighted by molar-refractivity contribution is 7.99. The lowest BCUT2D eigenvalue weighted by Crippen LogP contribution is -2.48. The summed E-state index contributed by atoms with van der Waals surface area (Å²) in [6.07, 6.45) is 0.627. The number of carbonyl (C=O) groups is 2. The van der Waals surface area contributed by atoms with E-state index in [-0.39, 0.29) is 11.9 Å². The molecule has 0 aromatic heterocycles. The van der Waals surface area contributed by atoms with Crippen LogP contribution in [0.3, 0.4) is 0 Å². The molecule has 2 atom stereocenters. The highest BCUT2D eigenvalue weighted by atomic mass is 32.2. The highest BCUT2D eigenvalue weighted by Crippen LogP contribution is 2.29. The van der Waals surface area contributed by atoms with Crippen LogP contribution >= 0.6 is 11.8 Å². The van der Waals surface area contributed by atoms with E-state index in [1.165, 1.54) is 16.7 Å². The first-order chi connectivity index (χ1) is 9.16. The lowest BCUT2D eigenvalue weighted by atomic mass is 10.1. The number of amides is 1. The Morgan fingerprint density at radius 2 is 2.16 bits per heavy atom. The van der Waals surface area contributed by atoms with Gasteiger partial charge in [-0.05, 0) is 11.6 Å². The Balaban J connectivity index is 1.74. The number of thioether (sulfide) groups is 1. The van der Waals surface area contributed by atoms with Crippen LogP contribution < -0.4 is 5.32 Å². The number of carbonyl (C=O) groups excluding carboxylic acids is 1. The molecule has 1 fully saturated rings. The Kier molecular flexibility index (Phi) is 3.10. The molecular weight excluding hydrogens is 264 g/mol. The zero-order valence-electron chi connectivity index (χ0n) is 10.2. The molecule has 100 valence electrons. The fraction of sp³-hybridized carbons (Fsp3) is 0.385. The maximum absolute atomic E-state index is 12.4. The Morgan fingerprint density at radius 3 is 2.89 bits per heavy atom. The smallest absolute Gasteiger partial charge is 0.327 e. The Bertz CT molecular complexity index is 509. The molecule has 0 aliphatic carbocycles. The van der Waals surface area contributed by atoms with E-state index in [4.69, 9.17) is 5.11 Å². The van der Waals surface area contributed by atoms with E-state index < -0.39 is 12.0 Å². The van der Waals surface area contributed by atoms with Gasteiger partial charge in [-0.25, -0.2) is 4.79 Å². The standard InChI is InChI=1S/C13H14N2O3S/c16-12(15-7-19-6-11(15)13(17)18)10-5-8-3-1-2-4-9(8)14-10/h1-4,10-11,14H,5-7H2,(H,17,18)/t10?,11-/m0/s1. The highest BCUT2D eigenvalue weighted by Gasteiger charge is 2.39. The van der Waals surface area contributed by atoms with Crippen LogP contribution in [0.1, 0.15) is 5.56 Å². The summed E-state index contributed by atoms with van der Waals surface area (Å²) in [5.74, 6) is -0.104. The summed E-state index contributed by atoms with van der Waals surface area (Å²) in [6, 6.07) is 6.77. The van der Waals surface area contributed by atoms with E-state index in [9.17, 15) is 9.59 Å². The fourth-order valence-corrected chi connectivity index (χ4v) is 3.67. The number of benzene rings is 1. The molecule has 19 heavy (non-hydrogen) atoms. The summed E-state index contributed by atoms with van der Waals surface area (Å²) in [5.41, 5.74) is 2.08. The SMILES string of the molecule is O=C(O)[C@@H]1CSCN1C(=O)C1Cc2ccccc2N1. The average Bonchev–Trinajstić information content (AvgIpc) is 3.04. The van der Waals surface area contributed by atoms with Crippen LogP contribution in [-0.4, -0.2) is 45.6 Å². The first-order valence-electron chi connectivity index (χ1n) is 6.12. The third kappa shape index (κ3) is 2.16. The minimum absolute atomic E-state index is 0.117. The van der Waals surface area contributed by atoms with Crippen LogP contribution in [0.4, 0.5) is 5.69 Å². The van der Waals surface area contributed by atoms with Crippen molar-refractivity contribution in [2.45, 2.75) is 18.5 Å². The second-order valence-electron chi connectivity index (χ2n) is 4.72. The molecule has 2 aliphatic rings. The fourth-order valence-electron chi connectivity index (χ4n) is 2.51. The van der Waals surface area contributed by atoms with E-state index >= 15 is 0 Å². The minimum atomic E-state index is -0.922. The third-order valence-corrected chi connectivity index (χ3v) is 4.53. The summed E-state index contributed by atoms with van der Waals surface area (Å²) < 4.78 is 0. The molecule has 3 rings (SSSR count). The van der Waals surface area contributed by atoms with Gasteiger partial charge in [0.2, 0.25) is 5.91 Å². The van der Waals surface area contributed by atoms with Crippen LogP contribution in [0.5, 0.6) is 0 Å². The molecule has 5 nitrogen and oxygen atoms in total. The number of nitrogens with zero attached hydrogens (tertiary/aromatic N) is 1. The van der Waals surface area contributed by atoms with Crippen molar-refractivity contribution < 1.29 is 14.7 Å². The lowest BCUT2D eigenvalue weighted by Gasteiger charge is -2.24. The summed E-state index contributed by atoms with van der Waals surface area (Å²) in [7, 11) is 0. The first kappa shape index (κ1) is 12.3. The Morgan fingerprint density at radius 1 is 1.37 bits per heavy atom. The van der Waals surface area contributed by atoms with Crippen molar-refractivity contribution in [2.75, 3.05) is 16.9 Å². The second-order valence-corrected chi connectivity index (χ2v) is 5.72. The number of carboxylic acid groups (broad SMARTS) is 1. The van der Waals surface area contributed by atoms with Gasteiger partial charge in [0.05, 0.1) is 5.88 Å². The second kappa shape index (κ2) is 4.77. The number of rotatable bonds is 2. The summed E-state index contributed by atoms with van der Waals surface area (Å²) in [4.78, 5) is 25.0. The number of aliphatic carboxylic acids is 1. The molecular formula is C13H14N2O3S. The quantitative estimate of drug-likeness (QED) is 0.845. The third-order valence-electron chi connectivity index (χ3n) is 3.52. The van der Waals surface area contributed by atoms with Crippen LogP contribution in [-0.2, 0) is 16.0 Å². The Labute approximate surface area is 115 Å². The number of fused-ring (bicyclic) bond motifs is 1. The molecule has 0 bridgehead atoms. The van der Waals surface area contributed by atoms with Crippen molar-refractivity contribution in [3.8, 4) is 0 Å². The van der Waals surface area contributed by atoms with Gasteiger partial charge in [-0.15, -0.1) is 11.8 Å². The number of nitrogens with one attached hydrogen (secondary N) is 1. The van der Waals surface area contributed by atoms with Crippen LogP contribution in [0.15, 0.2) is 24.3 Å². The minimum Gasteiger partial charge on any atom is -0.480 e. The van der Waals surface area contributed by atoms with Crippen molar-refractivity contribution in [3.63, 3.8) is 0 Å². The molecule has 6 heteroatoms. The number of anilines is 1. The van der Waals surface area contributed by atoms with Crippen LogP contribution in [0.2, 0.25) is 0 Å². The number of hydrogen-bond donors (Lipinski definition) is 2. The maximum atomic E-state index is 12.4. The van der Waals surface area contributed by atoms with Crippen molar-refractivity contribution in [3.05, 3.63) is 29.8 Å². The predicted molar refractivity (Wildman–Crippen MR) is 73.2 cm³/mol. The zero-order chi connectivity index (χ0) is 13.4. The van der Waals surface area contributed by atoms with Gasteiger partial charge in [0.25, 0.3) is 0 Å². The molecule has 0 saturated carbocycles. The van der Waals surface area contributed by atoms with E-state index in [2.05, 4.69) is 5.32 Å². The topological polar surface area (TPSA) is 69.6 Å². The van der Waals surface area contributed by atoms with Crippen molar-refractivity contribution >= 4 is 29.3 Å². The largest absolute Gasteiger partial charge is 0.480 e. The first-order valence-corrected chi connectivity index (χ1v) is 7.28. The van der Waals surface area contributed by atoms with Crippen molar-refractivity contribution in [2.24, 2.45) is 0 Å². The van der Waals surface area contributed by atoms with Gasteiger partial charge in [-0.1, -0.05) is 18.2 Å². The van der Waals surface area contributed by atoms with E-state index in [1.807, 2.05) is 24.3 Å². The molecule has 0 spiro atoms. The molecule has 1 unspecified atom stereocenters.